The van der Waals surface area contributed by atoms with E-state index >= 15 is 0 Å². The largest absolute Gasteiger partial charge is 0.454 e. The van der Waals surface area contributed by atoms with Crippen LogP contribution in [0.25, 0.3) is 0 Å². The molecular weight excluding hydrogens is 1000 g/mol. The maximum atomic E-state index is 13.5. The van der Waals surface area contributed by atoms with E-state index in [2.05, 4.69) is 74.7 Å². The van der Waals surface area contributed by atoms with Crippen molar-refractivity contribution in [3.63, 3.8) is 0 Å². The zero-order chi connectivity index (χ0) is 58.2. The molecule has 6 N–H and O–H groups in total. The lowest BCUT2D eigenvalue weighted by molar-refractivity contribution is -0.305. The van der Waals surface area contributed by atoms with Crippen molar-refractivity contribution in [1.29, 1.82) is 0 Å². The van der Waals surface area contributed by atoms with Gasteiger partial charge in [-0.2, -0.15) is 0 Å². The number of carbonyl (C=O) groups is 2. The predicted octanol–water partition coefficient (Wildman–Crippen LogP) is 16.3. The van der Waals surface area contributed by atoms with Gasteiger partial charge in [0.15, 0.2) is 12.4 Å². The Morgan fingerprint density at radius 1 is 0.500 bits per heavy atom. The summed E-state index contributed by atoms with van der Waals surface area (Å²) in [7, 11) is 0. The van der Waals surface area contributed by atoms with Crippen LogP contribution in [-0.4, -0.2) is 99.6 Å². The van der Waals surface area contributed by atoms with E-state index in [0.717, 1.165) is 70.6 Å². The summed E-state index contributed by atoms with van der Waals surface area (Å²) < 4.78 is 17.6. The van der Waals surface area contributed by atoms with Crippen LogP contribution in [0.3, 0.4) is 0 Å². The number of rotatable bonds is 56. The number of hydrogen-bond acceptors (Lipinski definition) is 10. The number of ether oxygens (including phenoxy) is 3. The van der Waals surface area contributed by atoms with Gasteiger partial charge in [-0.3, -0.25) is 9.59 Å². The number of aliphatic hydroxyl groups excluding tert-OH is 5. The normalized spacial score (nSPS) is 19.2. The molecule has 0 aromatic carbocycles. The molecule has 0 saturated carbocycles. The predicted molar refractivity (Wildman–Crippen MR) is 333 cm³/mol. The highest BCUT2D eigenvalue weighted by Gasteiger charge is 2.47. The van der Waals surface area contributed by atoms with E-state index in [-0.39, 0.29) is 19.4 Å². The molecule has 11 heteroatoms. The summed E-state index contributed by atoms with van der Waals surface area (Å²) in [5, 5.41) is 57.1. The van der Waals surface area contributed by atoms with Crippen molar-refractivity contribution in [2.24, 2.45) is 0 Å². The maximum absolute atomic E-state index is 13.5. The first kappa shape index (κ1) is 75.1. The second-order valence-corrected chi connectivity index (χ2v) is 22.8. The number of hydrogen-bond donors (Lipinski definition) is 6. The van der Waals surface area contributed by atoms with Crippen LogP contribution in [0.15, 0.2) is 72.9 Å². The van der Waals surface area contributed by atoms with Crippen molar-refractivity contribution in [3.8, 4) is 0 Å². The molecule has 1 aliphatic rings. The Hall–Kier alpha value is -2.90. The Balaban J connectivity index is 2.64. The number of esters is 1. The number of unbranched alkanes of at least 4 members (excludes halogenated alkanes) is 32. The molecule has 1 amide bonds. The molecule has 1 saturated heterocycles. The molecule has 1 aliphatic heterocycles. The lowest BCUT2D eigenvalue weighted by atomic mass is 9.99. The minimum atomic E-state index is -1.64. The SMILES string of the molecule is CC/C=C\C/C=C\C/C=C\C/C=C\C/C=C\CCCC(=O)OC1C(OCC(NC(=O)C(O)CCCCCCCCCCCCCCCCCCCCCCCC)C(O)/C=C/CCCCCCCCCCCC)OC(CO)C(O)C1O. The lowest BCUT2D eigenvalue weighted by Crippen LogP contribution is -2.61. The van der Waals surface area contributed by atoms with E-state index in [1.54, 1.807) is 6.08 Å². The van der Waals surface area contributed by atoms with Gasteiger partial charge in [0.05, 0.1) is 25.4 Å². The van der Waals surface area contributed by atoms with E-state index in [0.29, 0.717) is 19.3 Å². The molecule has 1 rings (SSSR count). The quantitative estimate of drug-likeness (QED) is 0.0195. The van der Waals surface area contributed by atoms with Crippen LogP contribution < -0.4 is 5.32 Å². The zero-order valence-corrected chi connectivity index (χ0v) is 51.4. The molecule has 0 aliphatic carbocycles. The first-order valence-electron chi connectivity index (χ1n) is 33.2. The number of carbonyl (C=O) groups excluding carboxylic acids is 2. The summed E-state index contributed by atoms with van der Waals surface area (Å²) in [5.74, 6) is -1.25. The van der Waals surface area contributed by atoms with Gasteiger partial charge >= 0.3 is 5.97 Å². The lowest BCUT2D eigenvalue weighted by Gasteiger charge is -2.41. The second-order valence-electron chi connectivity index (χ2n) is 22.8. The van der Waals surface area contributed by atoms with E-state index in [1.165, 1.54) is 167 Å². The Bertz CT molecular complexity index is 1580. The Morgan fingerprint density at radius 2 is 0.900 bits per heavy atom. The fraction of sp³-hybridized carbons (Fsp3) is 0.797. The van der Waals surface area contributed by atoms with Crippen molar-refractivity contribution in [3.05, 3.63) is 72.9 Å². The van der Waals surface area contributed by atoms with Crippen LogP contribution in [0.1, 0.15) is 290 Å². The third-order valence-electron chi connectivity index (χ3n) is 15.4. The summed E-state index contributed by atoms with van der Waals surface area (Å²) in [5.41, 5.74) is 0. The first-order chi connectivity index (χ1) is 39.2. The molecule has 0 aromatic rings. The smallest absolute Gasteiger partial charge is 0.306 e. The van der Waals surface area contributed by atoms with Crippen molar-refractivity contribution >= 4 is 11.9 Å². The highest BCUT2D eigenvalue weighted by atomic mass is 16.7. The monoisotopic (exact) mass is 1130 g/mol. The summed E-state index contributed by atoms with van der Waals surface area (Å²) in [6.45, 7) is 5.67. The third kappa shape index (κ3) is 43.7. The van der Waals surface area contributed by atoms with Crippen LogP contribution in [0.4, 0.5) is 0 Å². The van der Waals surface area contributed by atoms with Gasteiger partial charge in [-0.15, -0.1) is 0 Å². The molecule has 0 bridgehead atoms. The van der Waals surface area contributed by atoms with E-state index in [4.69, 9.17) is 14.2 Å². The van der Waals surface area contributed by atoms with Crippen LogP contribution >= 0.6 is 0 Å². The van der Waals surface area contributed by atoms with Crippen molar-refractivity contribution in [1.82, 2.24) is 5.32 Å². The van der Waals surface area contributed by atoms with Crippen molar-refractivity contribution in [2.75, 3.05) is 13.2 Å². The van der Waals surface area contributed by atoms with Gasteiger partial charge in [0.25, 0.3) is 0 Å². The Labute approximate surface area is 490 Å². The van der Waals surface area contributed by atoms with Crippen molar-refractivity contribution < 1.29 is 49.3 Å². The molecule has 1 fully saturated rings. The topological polar surface area (TPSA) is 175 Å². The van der Waals surface area contributed by atoms with Gasteiger partial charge in [0.2, 0.25) is 5.91 Å². The van der Waals surface area contributed by atoms with Gasteiger partial charge in [-0.25, -0.2) is 0 Å². The average molecular weight is 1130 g/mol. The fourth-order valence-corrected chi connectivity index (χ4v) is 10.2. The molecule has 0 spiro atoms. The number of allylic oxidation sites excluding steroid dienone is 11. The summed E-state index contributed by atoms with van der Waals surface area (Å²) in [4.78, 5) is 26.6. The molecule has 11 nitrogen and oxygen atoms in total. The molecule has 80 heavy (non-hydrogen) atoms. The van der Waals surface area contributed by atoms with E-state index < -0.39 is 67.4 Å². The average Bonchev–Trinajstić information content (AvgIpc) is 3.45. The number of nitrogens with one attached hydrogen (secondary N) is 1. The van der Waals surface area contributed by atoms with Gasteiger partial charge in [0.1, 0.15) is 24.4 Å². The highest BCUT2D eigenvalue weighted by Crippen LogP contribution is 2.26. The maximum Gasteiger partial charge on any atom is 0.306 e. The van der Waals surface area contributed by atoms with Gasteiger partial charge in [-0.1, -0.05) is 293 Å². The van der Waals surface area contributed by atoms with Crippen LogP contribution in [0.5, 0.6) is 0 Å². The minimum Gasteiger partial charge on any atom is -0.454 e. The molecule has 0 radical (unpaired) electrons. The van der Waals surface area contributed by atoms with Crippen LogP contribution in [-0.2, 0) is 23.8 Å². The van der Waals surface area contributed by atoms with Gasteiger partial charge in [-0.05, 0) is 64.2 Å². The van der Waals surface area contributed by atoms with Crippen LogP contribution in [0.2, 0.25) is 0 Å². The van der Waals surface area contributed by atoms with Gasteiger partial charge in [0, 0.05) is 6.42 Å². The minimum absolute atomic E-state index is 0.0441. The summed E-state index contributed by atoms with van der Waals surface area (Å²) >= 11 is 0. The fourth-order valence-electron chi connectivity index (χ4n) is 10.2. The first-order valence-corrected chi connectivity index (χ1v) is 33.2. The second kappa shape index (κ2) is 56.6. The molecule has 8 unspecified atom stereocenters. The van der Waals surface area contributed by atoms with E-state index in [1.807, 2.05) is 18.2 Å². The van der Waals surface area contributed by atoms with E-state index in [9.17, 15) is 35.1 Å². The number of amides is 1. The standard InChI is InChI=1S/C69H123NO10/c1-4-7-10-13-16-19-22-25-27-29-30-31-32-33-35-36-38-41-44-47-50-53-56-62(73)68(77)70-60(61(72)55-52-49-46-43-40-24-21-18-15-12-9-6-3)59-78-69-67(66(76)65(75)63(58-71)79-69)80-64(74)57-54-51-48-45-42-39-37-34-28-26-23-20-17-14-11-8-5-2/h8,11,17,20,26,28,37,39,45,48,52,55,60-63,65-67,69,71-73,75-76H,4-7,9-10,12-16,18-19,21-25,27,29-36,38,40-44,46-47,49-51,53-54,56-59H2,1-3H3,(H,70,77)/b11-8-,20-17-,28-26-,39-37-,48-45-,55-52+. The molecule has 464 valence electrons. The zero-order valence-electron chi connectivity index (χ0n) is 51.4. The molecule has 8 atom stereocenters. The van der Waals surface area contributed by atoms with Gasteiger partial charge < -0.3 is 45.1 Å². The van der Waals surface area contributed by atoms with Crippen LogP contribution in [0, 0.1) is 0 Å². The summed E-state index contributed by atoms with van der Waals surface area (Å²) in [6.07, 6.45) is 62.4. The molecule has 0 aromatic heterocycles. The van der Waals surface area contributed by atoms with Crippen molar-refractivity contribution in [2.45, 2.75) is 339 Å². The molecular formula is C69H123NO10. The molecule has 1 heterocycles. The third-order valence-corrected chi connectivity index (χ3v) is 15.4. The Morgan fingerprint density at radius 3 is 1.34 bits per heavy atom. The number of aliphatic hydroxyl groups is 5. The summed E-state index contributed by atoms with van der Waals surface area (Å²) in [6, 6.07) is -1.04. The highest BCUT2D eigenvalue weighted by molar-refractivity contribution is 5.80. The Kier molecular flexibility index (Phi) is 53.1.